The molecule has 0 saturated carbocycles. The molecule has 23 heavy (non-hydrogen) atoms. The molecule has 7 heteroatoms. The van der Waals surface area contributed by atoms with E-state index in [9.17, 15) is 4.39 Å². The molecule has 0 aliphatic carbocycles. The van der Waals surface area contributed by atoms with Gasteiger partial charge in [-0.3, -0.25) is 0 Å². The number of rotatable bonds is 3. The second kappa shape index (κ2) is 6.44. The summed E-state index contributed by atoms with van der Waals surface area (Å²) < 4.78 is 14.4. The summed E-state index contributed by atoms with van der Waals surface area (Å²) in [7, 11) is 0. The van der Waals surface area contributed by atoms with E-state index < -0.39 is 0 Å². The van der Waals surface area contributed by atoms with E-state index in [4.69, 9.17) is 0 Å². The SMILES string of the molecule is CCc1ncnc(N2CCN(c3ncnc(C)c3C)CC2)c1F. The van der Waals surface area contributed by atoms with Crippen LogP contribution in [0.5, 0.6) is 0 Å². The predicted octanol–water partition coefficient (Wildman–Crippen LogP) is 1.91. The summed E-state index contributed by atoms with van der Waals surface area (Å²) in [5.41, 5.74) is 2.56. The molecule has 1 saturated heterocycles. The van der Waals surface area contributed by atoms with Crippen molar-refractivity contribution in [3.05, 3.63) is 35.4 Å². The van der Waals surface area contributed by atoms with Gasteiger partial charge in [-0.05, 0) is 20.3 Å². The van der Waals surface area contributed by atoms with Crippen molar-refractivity contribution < 1.29 is 4.39 Å². The van der Waals surface area contributed by atoms with Gasteiger partial charge >= 0.3 is 0 Å². The van der Waals surface area contributed by atoms with Crippen LogP contribution in [0.25, 0.3) is 0 Å². The van der Waals surface area contributed by atoms with E-state index in [-0.39, 0.29) is 5.82 Å². The van der Waals surface area contributed by atoms with Crippen molar-refractivity contribution >= 4 is 11.6 Å². The molecular formula is C16H21FN6. The van der Waals surface area contributed by atoms with Crippen LogP contribution in [-0.4, -0.2) is 46.1 Å². The quantitative estimate of drug-likeness (QED) is 0.862. The molecule has 0 atom stereocenters. The summed E-state index contributed by atoms with van der Waals surface area (Å²) in [6.45, 7) is 8.89. The average molecular weight is 316 g/mol. The molecule has 0 spiro atoms. The second-order valence-electron chi connectivity index (χ2n) is 5.69. The van der Waals surface area contributed by atoms with Crippen LogP contribution in [0.15, 0.2) is 12.7 Å². The maximum Gasteiger partial charge on any atom is 0.187 e. The molecule has 3 heterocycles. The number of aromatic nitrogens is 4. The topological polar surface area (TPSA) is 58.0 Å². The molecule has 0 radical (unpaired) electrons. The Morgan fingerprint density at radius 1 is 0.913 bits per heavy atom. The van der Waals surface area contributed by atoms with Gasteiger partial charge in [-0.25, -0.2) is 24.3 Å². The highest BCUT2D eigenvalue weighted by molar-refractivity contribution is 5.50. The van der Waals surface area contributed by atoms with Crippen LogP contribution in [0.3, 0.4) is 0 Å². The first-order valence-electron chi connectivity index (χ1n) is 7.89. The summed E-state index contributed by atoms with van der Waals surface area (Å²) >= 11 is 0. The molecule has 0 N–H and O–H groups in total. The molecule has 0 unspecified atom stereocenters. The number of hydrogen-bond donors (Lipinski definition) is 0. The first-order valence-corrected chi connectivity index (χ1v) is 7.89. The average Bonchev–Trinajstić information content (AvgIpc) is 2.58. The van der Waals surface area contributed by atoms with Crippen molar-refractivity contribution in [3.63, 3.8) is 0 Å². The first-order chi connectivity index (χ1) is 11.1. The van der Waals surface area contributed by atoms with E-state index in [1.807, 2.05) is 25.7 Å². The summed E-state index contributed by atoms with van der Waals surface area (Å²) in [6.07, 6.45) is 3.62. The van der Waals surface area contributed by atoms with E-state index >= 15 is 0 Å². The third-order valence-electron chi connectivity index (χ3n) is 4.37. The van der Waals surface area contributed by atoms with Gasteiger partial charge in [0.25, 0.3) is 0 Å². The van der Waals surface area contributed by atoms with Gasteiger partial charge in [-0.1, -0.05) is 6.92 Å². The van der Waals surface area contributed by atoms with Gasteiger partial charge in [0.2, 0.25) is 0 Å². The van der Waals surface area contributed by atoms with Crippen molar-refractivity contribution in [2.75, 3.05) is 36.0 Å². The van der Waals surface area contributed by atoms with E-state index in [0.29, 0.717) is 31.0 Å². The van der Waals surface area contributed by atoms with Gasteiger partial charge in [0.15, 0.2) is 11.6 Å². The maximum absolute atomic E-state index is 14.4. The third kappa shape index (κ3) is 2.95. The molecule has 3 rings (SSSR count). The minimum atomic E-state index is -0.294. The fraction of sp³-hybridized carbons (Fsp3) is 0.500. The van der Waals surface area contributed by atoms with Crippen LogP contribution in [0, 0.1) is 19.7 Å². The highest BCUT2D eigenvalue weighted by Gasteiger charge is 2.23. The predicted molar refractivity (Wildman–Crippen MR) is 87.3 cm³/mol. The Hall–Kier alpha value is -2.31. The first kappa shape index (κ1) is 15.6. The standard InChI is InChI=1S/C16H21FN6/c1-4-13-14(17)16(21-10-19-13)23-7-5-22(6-8-23)15-11(2)12(3)18-9-20-15/h9-10H,4-8H2,1-3H3. The van der Waals surface area contributed by atoms with Gasteiger partial charge < -0.3 is 9.80 Å². The van der Waals surface area contributed by atoms with Crippen LogP contribution in [0.1, 0.15) is 23.9 Å². The molecule has 1 fully saturated rings. The Kier molecular flexibility index (Phi) is 4.36. The number of piperazine rings is 1. The lowest BCUT2D eigenvalue weighted by molar-refractivity contribution is 0.567. The molecule has 0 aromatic carbocycles. The van der Waals surface area contributed by atoms with Crippen LogP contribution in [0.4, 0.5) is 16.0 Å². The van der Waals surface area contributed by atoms with Crippen LogP contribution >= 0.6 is 0 Å². The molecule has 0 bridgehead atoms. The number of hydrogen-bond acceptors (Lipinski definition) is 6. The van der Waals surface area contributed by atoms with Gasteiger partial charge in [0, 0.05) is 37.4 Å². The third-order valence-corrected chi connectivity index (χ3v) is 4.37. The van der Waals surface area contributed by atoms with Crippen LogP contribution < -0.4 is 9.80 Å². The van der Waals surface area contributed by atoms with Crippen molar-refractivity contribution in [2.24, 2.45) is 0 Å². The zero-order chi connectivity index (χ0) is 16.4. The van der Waals surface area contributed by atoms with Gasteiger partial charge in [0.1, 0.15) is 18.5 Å². The Morgan fingerprint density at radius 2 is 1.48 bits per heavy atom. The summed E-state index contributed by atoms with van der Waals surface area (Å²) in [5.74, 6) is 1.08. The summed E-state index contributed by atoms with van der Waals surface area (Å²) in [5, 5.41) is 0. The molecule has 6 nitrogen and oxygen atoms in total. The Bertz CT molecular complexity index is 697. The number of aryl methyl sites for hydroxylation is 2. The fourth-order valence-electron chi connectivity index (χ4n) is 2.84. The van der Waals surface area contributed by atoms with Crippen molar-refractivity contribution in [1.29, 1.82) is 0 Å². The van der Waals surface area contributed by atoms with Crippen molar-refractivity contribution in [2.45, 2.75) is 27.2 Å². The number of anilines is 2. The molecule has 122 valence electrons. The Labute approximate surface area is 135 Å². The fourth-order valence-corrected chi connectivity index (χ4v) is 2.84. The Balaban J connectivity index is 1.75. The molecule has 0 amide bonds. The summed E-state index contributed by atoms with van der Waals surface area (Å²) in [6, 6.07) is 0. The molecule has 2 aromatic rings. The second-order valence-corrected chi connectivity index (χ2v) is 5.69. The van der Waals surface area contributed by atoms with Crippen LogP contribution in [0.2, 0.25) is 0 Å². The normalized spacial score (nSPS) is 15.1. The van der Waals surface area contributed by atoms with Crippen molar-refractivity contribution in [1.82, 2.24) is 19.9 Å². The zero-order valence-electron chi connectivity index (χ0n) is 13.8. The smallest absolute Gasteiger partial charge is 0.187 e. The molecule has 2 aromatic heterocycles. The van der Waals surface area contributed by atoms with Crippen LogP contribution in [-0.2, 0) is 6.42 Å². The highest BCUT2D eigenvalue weighted by atomic mass is 19.1. The molecular weight excluding hydrogens is 295 g/mol. The lowest BCUT2D eigenvalue weighted by Gasteiger charge is -2.36. The summed E-state index contributed by atoms with van der Waals surface area (Å²) in [4.78, 5) is 21.0. The van der Waals surface area contributed by atoms with E-state index in [1.54, 1.807) is 6.33 Å². The Morgan fingerprint density at radius 3 is 2.13 bits per heavy atom. The number of nitrogens with zero attached hydrogens (tertiary/aromatic N) is 6. The van der Waals surface area contributed by atoms with Gasteiger partial charge in [0.05, 0.1) is 5.69 Å². The van der Waals surface area contributed by atoms with Gasteiger partial charge in [-0.15, -0.1) is 0 Å². The minimum absolute atomic E-state index is 0.294. The molecule has 1 aliphatic heterocycles. The van der Waals surface area contributed by atoms with E-state index in [1.165, 1.54) is 6.33 Å². The highest BCUT2D eigenvalue weighted by Crippen LogP contribution is 2.23. The van der Waals surface area contributed by atoms with E-state index in [2.05, 4.69) is 24.8 Å². The van der Waals surface area contributed by atoms with Gasteiger partial charge in [-0.2, -0.15) is 0 Å². The maximum atomic E-state index is 14.4. The zero-order valence-corrected chi connectivity index (χ0v) is 13.8. The largest absolute Gasteiger partial charge is 0.353 e. The minimum Gasteiger partial charge on any atom is -0.353 e. The monoisotopic (exact) mass is 316 g/mol. The number of halogens is 1. The van der Waals surface area contributed by atoms with Crippen molar-refractivity contribution in [3.8, 4) is 0 Å². The van der Waals surface area contributed by atoms with E-state index in [0.717, 1.165) is 30.2 Å². The lowest BCUT2D eigenvalue weighted by atomic mass is 10.2. The lowest BCUT2D eigenvalue weighted by Crippen LogP contribution is -2.47. The molecule has 1 aliphatic rings.